The van der Waals surface area contributed by atoms with E-state index in [1.807, 2.05) is 12.1 Å². The number of aromatic nitrogens is 3. The van der Waals surface area contributed by atoms with E-state index in [4.69, 9.17) is 5.73 Å². The molecule has 10 heteroatoms. The SMILES string of the molecule is CC#Cc1cc2c(NC3CCN(C)CC3CCCCCCCCn3cc(C(N)=O)cn3)cccc2n1CC(F)(F)F. The third-order valence-electron chi connectivity index (χ3n) is 7.94. The first-order valence-corrected chi connectivity index (χ1v) is 14.5. The van der Waals surface area contributed by atoms with Crippen LogP contribution in [-0.4, -0.2) is 57.5 Å². The van der Waals surface area contributed by atoms with Crippen LogP contribution in [-0.2, 0) is 13.1 Å². The molecule has 3 aromatic rings. The molecule has 41 heavy (non-hydrogen) atoms. The third-order valence-corrected chi connectivity index (χ3v) is 7.94. The molecule has 3 N–H and O–H groups in total. The molecule has 222 valence electrons. The summed E-state index contributed by atoms with van der Waals surface area (Å²) < 4.78 is 43.1. The zero-order valence-corrected chi connectivity index (χ0v) is 24.0. The summed E-state index contributed by atoms with van der Waals surface area (Å²) in [6.45, 7) is 3.37. The van der Waals surface area contributed by atoms with Gasteiger partial charge in [-0.05, 0) is 69.8 Å². The first-order valence-electron chi connectivity index (χ1n) is 14.5. The van der Waals surface area contributed by atoms with Gasteiger partial charge in [0.15, 0.2) is 0 Å². The van der Waals surface area contributed by atoms with E-state index in [-0.39, 0.29) is 6.04 Å². The standard InChI is InChI=1S/C31H41F3N6O/c1-3-11-25-18-26-28(13-10-14-29(26)40(25)22-31(32,33)34)37-27-15-17-38(2)20-23(27)12-8-6-4-5-7-9-16-39-21-24(19-36-39)30(35)41/h10,13-14,18-19,21,23,27,37H,4-9,12,15-17,20,22H2,1-2H3,(H2,35,41). The van der Waals surface area contributed by atoms with Gasteiger partial charge >= 0.3 is 6.18 Å². The van der Waals surface area contributed by atoms with Crippen molar-refractivity contribution in [3.05, 3.63) is 47.9 Å². The second kappa shape index (κ2) is 13.9. The van der Waals surface area contributed by atoms with Crippen molar-refractivity contribution >= 4 is 22.5 Å². The van der Waals surface area contributed by atoms with Crippen molar-refractivity contribution in [3.63, 3.8) is 0 Å². The Kier molecular flexibility index (Phi) is 10.4. The van der Waals surface area contributed by atoms with Crippen LogP contribution in [0.15, 0.2) is 36.7 Å². The maximum Gasteiger partial charge on any atom is 0.406 e. The molecule has 1 aliphatic rings. The summed E-state index contributed by atoms with van der Waals surface area (Å²) >= 11 is 0. The van der Waals surface area contributed by atoms with Crippen LogP contribution < -0.4 is 11.1 Å². The number of likely N-dealkylation sites (tertiary alicyclic amines) is 1. The molecule has 0 bridgehead atoms. The topological polar surface area (TPSA) is 81.1 Å². The van der Waals surface area contributed by atoms with Gasteiger partial charge in [0.1, 0.15) is 6.54 Å². The summed E-state index contributed by atoms with van der Waals surface area (Å²) in [6, 6.07) is 7.59. The van der Waals surface area contributed by atoms with Crippen molar-refractivity contribution in [2.75, 3.05) is 25.5 Å². The molecule has 1 saturated heterocycles. The molecule has 0 radical (unpaired) electrons. The molecule has 3 heterocycles. The van der Waals surface area contributed by atoms with E-state index in [0.29, 0.717) is 22.7 Å². The highest BCUT2D eigenvalue weighted by Gasteiger charge is 2.31. The molecule has 7 nitrogen and oxygen atoms in total. The van der Waals surface area contributed by atoms with Gasteiger partial charge in [0, 0.05) is 36.4 Å². The van der Waals surface area contributed by atoms with Gasteiger partial charge in [0.25, 0.3) is 5.91 Å². The Morgan fingerprint density at radius 1 is 1.17 bits per heavy atom. The first-order chi connectivity index (χ1) is 19.6. The number of carbonyl (C=O) groups excluding carboxylic acids is 1. The number of hydrogen-bond acceptors (Lipinski definition) is 4. The molecule has 1 aromatic carbocycles. The highest BCUT2D eigenvalue weighted by Crippen LogP contribution is 2.33. The molecular weight excluding hydrogens is 529 g/mol. The second-order valence-electron chi connectivity index (χ2n) is 11.2. The van der Waals surface area contributed by atoms with E-state index in [1.165, 1.54) is 23.6 Å². The number of carbonyl (C=O) groups is 1. The average molecular weight is 571 g/mol. The minimum Gasteiger partial charge on any atom is -0.381 e. The monoisotopic (exact) mass is 570 g/mol. The zero-order chi connectivity index (χ0) is 29.4. The van der Waals surface area contributed by atoms with Gasteiger partial charge in [-0.3, -0.25) is 9.48 Å². The van der Waals surface area contributed by atoms with Gasteiger partial charge in [0.05, 0.1) is 23.0 Å². The highest BCUT2D eigenvalue weighted by molar-refractivity contribution is 5.94. The van der Waals surface area contributed by atoms with E-state index in [0.717, 1.165) is 69.2 Å². The molecular formula is C31H41F3N6O. The van der Waals surface area contributed by atoms with Gasteiger partial charge in [-0.15, -0.1) is 0 Å². The molecule has 1 fully saturated rings. The molecule has 0 spiro atoms. The van der Waals surface area contributed by atoms with E-state index >= 15 is 0 Å². The Hall–Kier alpha value is -3.45. The van der Waals surface area contributed by atoms with Crippen molar-refractivity contribution in [2.45, 2.75) is 83.6 Å². The quantitative estimate of drug-likeness (QED) is 0.194. The number of nitrogens with zero attached hydrogens (tertiary/aromatic N) is 4. The Morgan fingerprint density at radius 2 is 1.93 bits per heavy atom. The highest BCUT2D eigenvalue weighted by atomic mass is 19.4. The lowest BCUT2D eigenvalue weighted by molar-refractivity contribution is -0.140. The Bertz CT molecular complexity index is 1370. The van der Waals surface area contributed by atoms with Crippen LogP contribution in [0.5, 0.6) is 0 Å². The largest absolute Gasteiger partial charge is 0.406 e. The fourth-order valence-electron chi connectivity index (χ4n) is 5.89. The summed E-state index contributed by atoms with van der Waals surface area (Å²) in [6.07, 6.45) is 7.79. The van der Waals surface area contributed by atoms with Crippen LogP contribution in [0.3, 0.4) is 0 Å². The fraction of sp³-hybridized carbons (Fsp3) is 0.548. The number of rotatable bonds is 13. The lowest BCUT2D eigenvalue weighted by Gasteiger charge is -2.38. The van der Waals surface area contributed by atoms with Gasteiger partial charge in [0.2, 0.25) is 0 Å². The number of fused-ring (bicyclic) bond motifs is 1. The summed E-state index contributed by atoms with van der Waals surface area (Å²) in [5.41, 5.74) is 7.53. The number of halogens is 3. The molecule has 0 aliphatic carbocycles. The predicted octanol–water partition coefficient (Wildman–Crippen LogP) is 6.03. The number of nitrogens with one attached hydrogen (secondary N) is 1. The van der Waals surface area contributed by atoms with Gasteiger partial charge in [-0.1, -0.05) is 44.1 Å². The van der Waals surface area contributed by atoms with E-state index in [9.17, 15) is 18.0 Å². The number of anilines is 1. The molecule has 0 saturated carbocycles. The van der Waals surface area contributed by atoms with Crippen molar-refractivity contribution in [1.82, 2.24) is 19.2 Å². The van der Waals surface area contributed by atoms with Gasteiger partial charge < -0.3 is 20.5 Å². The number of nitrogens with two attached hydrogens (primary N) is 1. The summed E-state index contributed by atoms with van der Waals surface area (Å²) in [5.74, 6) is 5.63. The number of unbranched alkanes of at least 4 members (excludes halogenated alkanes) is 5. The van der Waals surface area contributed by atoms with E-state index in [2.05, 4.69) is 34.2 Å². The first kappa shape index (κ1) is 30.5. The Balaban J connectivity index is 1.30. The van der Waals surface area contributed by atoms with Crippen LogP contribution in [0.2, 0.25) is 0 Å². The molecule has 2 unspecified atom stereocenters. The van der Waals surface area contributed by atoms with Crippen molar-refractivity contribution in [3.8, 4) is 11.8 Å². The normalized spacial score (nSPS) is 17.9. The van der Waals surface area contributed by atoms with Crippen LogP contribution in [0.25, 0.3) is 10.9 Å². The van der Waals surface area contributed by atoms with Crippen LogP contribution in [0.1, 0.15) is 74.3 Å². The summed E-state index contributed by atoms with van der Waals surface area (Å²) in [5, 5.41) is 8.69. The molecule has 4 rings (SSSR count). The van der Waals surface area contributed by atoms with E-state index in [1.54, 1.807) is 29.9 Å². The van der Waals surface area contributed by atoms with Crippen molar-refractivity contribution in [2.24, 2.45) is 11.7 Å². The number of hydrogen-bond donors (Lipinski definition) is 2. The van der Waals surface area contributed by atoms with Crippen LogP contribution >= 0.6 is 0 Å². The Labute approximate surface area is 240 Å². The van der Waals surface area contributed by atoms with Crippen LogP contribution in [0.4, 0.5) is 18.9 Å². The number of alkyl halides is 3. The molecule has 1 amide bonds. The Morgan fingerprint density at radius 3 is 2.63 bits per heavy atom. The van der Waals surface area contributed by atoms with Crippen molar-refractivity contribution < 1.29 is 18.0 Å². The molecule has 1 aliphatic heterocycles. The fourth-order valence-corrected chi connectivity index (χ4v) is 5.89. The molecule has 2 atom stereocenters. The maximum atomic E-state index is 13.4. The summed E-state index contributed by atoms with van der Waals surface area (Å²) in [7, 11) is 2.16. The minimum absolute atomic E-state index is 0.267. The lowest BCUT2D eigenvalue weighted by atomic mass is 9.87. The van der Waals surface area contributed by atoms with Gasteiger partial charge in [-0.25, -0.2) is 0 Å². The summed E-state index contributed by atoms with van der Waals surface area (Å²) in [4.78, 5) is 13.6. The lowest BCUT2D eigenvalue weighted by Crippen LogP contribution is -2.44. The zero-order valence-electron chi connectivity index (χ0n) is 24.0. The molecule has 2 aromatic heterocycles. The number of primary amides is 1. The third kappa shape index (κ3) is 8.52. The van der Waals surface area contributed by atoms with Crippen LogP contribution in [0, 0.1) is 17.8 Å². The number of amides is 1. The number of aryl methyl sites for hydroxylation is 1. The maximum absolute atomic E-state index is 13.4. The smallest absolute Gasteiger partial charge is 0.381 e. The van der Waals surface area contributed by atoms with E-state index < -0.39 is 18.6 Å². The van der Waals surface area contributed by atoms with Gasteiger partial charge in [-0.2, -0.15) is 18.3 Å². The average Bonchev–Trinajstić information content (AvgIpc) is 3.52. The number of benzene rings is 1. The minimum atomic E-state index is -4.32. The predicted molar refractivity (Wildman–Crippen MR) is 157 cm³/mol. The number of piperidine rings is 1. The van der Waals surface area contributed by atoms with Crippen molar-refractivity contribution in [1.29, 1.82) is 0 Å². The second-order valence-corrected chi connectivity index (χ2v) is 11.2.